The van der Waals surface area contributed by atoms with Crippen LogP contribution >= 0.6 is 0 Å². The standard InChI is InChI=1S/C17H18O4/c18-11-3-4-13-7-9-15(10-8-13)21-12-14-5-1-2-6-16(14)17(19)20/h1-2,5-10,18H,3-4,11-12H2,(H,19,20). The summed E-state index contributed by atoms with van der Waals surface area (Å²) in [5.41, 5.74) is 2.05. The number of carboxylic acid groups (broad SMARTS) is 1. The molecule has 0 aromatic heterocycles. The fourth-order valence-corrected chi connectivity index (χ4v) is 2.05. The van der Waals surface area contributed by atoms with E-state index >= 15 is 0 Å². The Hall–Kier alpha value is -2.33. The third-order valence-corrected chi connectivity index (χ3v) is 3.19. The summed E-state index contributed by atoms with van der Waals surface area (Å²) in [7, 11) is 0. The van der Waals surface area contributed by atoms with Gasteiger partial charge in [0.15, 0.2) is 0 Å². The number of hydrogen-bond donors (Lipinski definition) is 2. The number of aromatic carboxylic acids is 1. The van der Waals surface area contributed by atoms with Gasteiger partial charge in [-0.2, -0.15) is 0 Å². The monoisotopic (exact) mass is 286 g/mol. The molecular formula is C17H18O4. The van der Waals surface area contributed by atoms with Crippen LogP contribution in [0, 0.1) is 0 Å². The number of carboxylic acids is 1. The second-order valence-corrected chi connectivity index (χ2v) is 4.72. The average Bonchev–Trinajstić information content (AvgIpc) is 2.52. The predicted molar refractivity (Wildman–Crippen MR) is 79.6 cm³/mol. The Balaban J connectivity index is 1.98. The Labute approximate surface area is 123 Å². The van der Waals surface area contributed by atoms with Crippen molar-refractivity contribution in [1.29, 1.82) is 0 Å². The zero-order valence-electron chi connectivity index (χ0n) is 11.7. The molecule has 0 amide bonds. The van der Waals surface area contributed by atoms with Crippen molar-refractivity contribution in [2.75, 3.05) is 6.61 Å². The maximum atomic E-state index is 11.1. The Morgan fingerprint density at radius 1 is 1.05 bits per heavy atom. The predicted octanol–water partition coefficient (Wildman–Crippen LogP) is 2.89. The van der Waals surface area contributed by atoms with E-state index in [1.54, 1.807) is 24.3 Å². The van der Waals surface area contributed by atoms with Crippen molar-refractivity contribution in [3.63, 3.8) is 0 Å². The molecule has 110 valence electrons. The van der Waals surface area contributed by atoms with Crippen molar-refractivity contribution in [2.45, 2.75) is 19.4 Å². The van der Waals surface area contributed by atoms with Crippen LogP contribution in [-0.4, -0.2) is 22.8 Å². The molecule has 0 aliphatic carbocycles. The lowest BCUT2D eigenvalue weighted by molar-refractivity contribution is 0.0694. The first kappa shape index (κ1) is 15.1. The Morgan fingerprint density at radius 2 is 1.76 bits per heavy atom. The molecule has 0 bridgehead atoms. The van der Waals surface area contributed by atoms with E-state index in [1.165, 1.54) is 0 Å². The molecule has 0 atom stereocenters. The normalized spacial score (nSPS) is 10.3. The molecule has 0 heterocycles. The van der Waals surface area contributed by atoms with Crippen molar-refractivity contribution in [1.82, 2.24) is 0 Å². The number of aliphatic hydroxyl groups excluding tert-OH is 1. The lowest BCUT2D eigenvalue weighted by Gasteiger charge is -2.09. The van der Waals surface area contributed by atoms with E-state index in [-0.39, 0.29) is 18.8 Å². The van der Waals surface area contributed by atoms with E-state index in [4.69, 9.17) is 14.9 Å². The number of hydrogen-bond acceptors (Lipinski definition) is 3. The van der Waals surface area contributed by atoms with Gasteiger partial charge >= 0.3 is 5.97 Å². The van der Waals surface area contributed by atoms with E-state index in [9.17, 15) is 4.79 Å². The maximum Gasteiger partial charge on any atom is 0.336 e. The highest BCUT2D eigenvalue weighted by Crippen LogP contribution is 2.17. The van der Waals surface area contributed by atoms with Crippen LogP contribution < -0.4 is 4.74 Å². The Morgan fingerprint density at radius 3 is 2.43 bits per heavy atom. The topological polar surface area (TPSA) is 66.8 Å². The molecule has 2 aromatic carbocycles. The maximum absolute atomic E-state index is 11.1. The minimum absolute atomic E-state index is 0.185. The first-order chi connectivity index (χ1) is 10.2. The molecule has 2 rings (SSSR count). The summed E-state index contributed by atoms with van der Waals surface area (Å²) in [4.78, 5) is 11.1. The smallest absolute Gasteiger partial charge is 0.336 e. The van der Waals surface area contributed by atoms with Gasteiger partial charge in [0.1, 0.15) is 12.4 Å². The number of rotatable bonds is 7. The molecule has 0 saturated carbocycles. The largest absolute Gasteiger partial charge is 0.489 e. The third kappa shape index (κ3) is 4.33. The average molecular weight is 286 g/mol. The van der Waals surface area contributed by atoms with Crippen molar-refractivity contribution >= 4 is 5.97 Å². The minimum atomic E-state index is -0.950. The highest BCUT2D eigenvalue weighted by Gasteiger charge is 2.09. The summed E-state index contributed by atoms with van der Waals surface area (Å²) in [6, 6.07) is 14.4. The summed E-state index contributed by atoms with van der Waals surface area (Å²) < 4.78 is 5.63. The van der Waals surface area contributed by atoms with Crippen LogP contribution in [0.4, 0.5) is 0 Å². The number of carbonyl (C=O) groups is 1. The fraction of sp³-hybridized carbons (Fsp3) is 0.235. The lowest BCUT2D eigenvalue weighted by Crippen LogP contribution is -2.05. The highest BCUT2D eigenvalue weighted by molar-refractivity contribution is 5.89. The van der Waals surface area contributed by atoms with Gasteiger partial charge in [0.2, 0.25) is 0 Å². The van der Waals surface area contributed by atoms with Crippen molar-refractivity contribution in [2.24, 2.45) is 0 Å². The molecule has 0 spiro atoms. The zero-order chi connectivity index (χ0) is 15.1. The molecule has 2 aromatic rings. The van der Waals surface area contributed by atoms with Gasteiger partial charge in [-0.15, -0.1) is 0 Å². The first-order valence-electron chi connectivity index (χ1n) is 6.84. The number of ether oxygens (including phenoxy) is 1. The lowest BCUT2D eigenvalue weighted by atomic mass is 10.1. The van der Waals surface area contributed by atoms with Crippen LogP contribution in [0.2, 0.25) is 0 Å². The molecule has 0 saturated heterocycles. The van der Waals surface area contributed by atoms with Gasteiger partial charge in [-0.25, -0.2) is 4.79 Å². The van der Waals surface area contributed by atoms with Gasteiger partial charge in [-0.3, -0.25) is 0 Å². The molecule has 0 radical (unpaired) electrons. The van der Waals surface area contributed by atoms with Gasteiger partial charge in [0.05, 0.1) is 5.56 Å². The number of benzene rings is 2. The summed E-state index contributed by atoms with van der Waals surface area (Å²) >= 11 is 0. The minimum Gasteiger partial charge on any atom is -0.489 e. The zero-order valence-corrected chi connectivity index (χ0v) is 11.7. The van der Waals surface area contributed by atoms with E-state index in [2.05, 4.69) is 0 Å². The number of aliphatic hydroxyl groups is 1. The number of aryl methyl sites for hydroxylation is 1. The quantitative estimate of drug-likeness (QED) is 0.821. The van der Waals surface area contributed by atoms with E-state index < -0.39 is 5.97 Å². The fourth-order valence-electron chi connectivity index (χ4n) is 2.05. The second-order valence-electron chi connectivity index (χ2n) is 4.72. The van der Waals surface area contributed by atoms with E-state index in [0.717, 1.165) is 18.4 Å². The third-order valence-electron chi connectivity index (χ3n) is 3.19. The first-order valence-corrected chi connectivity index (χ1v) is 6.84. The Bertz CT molecular complexity index is 590. The molecule has 0 aliphatic rings. The van der Waals surface area contributed by atoms with Gasteiger partial charge in [-0.05, 0) is 36.6 Å². The molecule has 4 nitrogen and oxygen atoms in total. The van der Waals surface area contributed by atoms with Crippen molar-refractivity contribution in [3.8, 4) is 5.75 Å². The SMILES string of the molecule is O=C(O)c1ccccc1COc1ccc(CCCO)cc1. The molecule has 0 fully saturated rings. The van der Waals surface area contributed by atoms with Gasteiger partial charge in [-0.1, -0.05) is 30.3 Å². The van der Waals surface area contributed by atoms with Crippen LogP contribution in [0.5, 0.6) is 5.75 Å². The molecule has 21 heavy (non-hydrogen) atoms. The van der Waals surface area contributed by atoms with Crippen LogP contribution in [0.1, 0.15) is 27.9 Å². The summed E-state index contributed by atoms with van der Waals surface area (Å²) in [6.45, 7) is 0.405. The Kier molecular flexibility index (Phi) is 5.35. The summed E-state index contributed by atoms with van der Waals surface area (Å²) in [5.74, 6) is -0.253. The van der Waals surface area contributed by atoms with Crippen molar-refractivity contribution < 1.29 is 19.7 Å². The molecule has 0 unspecified atom stereocenters. The molecule has 0 aliphatic heterocycles. The summed E-state index contributed by atoms with van der Waals surface area (Å²) in [5, 5.41) is 17.9. The molecular weight excluding hydrogens is 268 g/mol. The molecule has 2 N–H and O–H groups in total. The molecule has 4 heteroatoms. The summed E-state index contributed by atoms with van der Waals surface area (Å²) in [6.07, 6.45) is 1.57. The van der Waals surface area contributed by atoms with E-state index in [0.29, 0.717) is 11.3 Å². The second kappa shape index (κ2) is 7.45. The van der Waals surface area contributed by atoms with Crippen LogP contribution in [0.15, 0.2) is 48.5 Å². The van der Waals surface area contributed by atoms with Crippen LogP contribution in [0.3, 0.4) is 0 Å². The van der Waals surface area contributed by atoms with E-state index in [1.807, 2.05) is 24.3 Å². The van der Waals surface area contributed by atoms with Crippen molar-refractivity contribution in [3.05, 3.63) is 65.2 Å². The van der Waals surface area contributed by atoms with Crippen LogP contribution in [-0.2, 0) is 13.0 Å². The van der Waals surface area contributed by atoms with Gasteiger partial charge in [0.25, 0.3) is 0 Å². The van der Waals surface area contributed by atoms with Gasteiger partial charge < -0.3 is 14.9 Å². The highest BCUT2D eigenvalue weighted by atomic mass is 16.5. The van der Waals surface area contributed by atoms with Gasteiger partial charge in [0, 0.05) is 12.2 Å². The van der Waals surface area contributed by atoms with Crippen LogP contribution in [0.25, 0.3) is 0 Å².